The summed E-state index contributed by atoms with van der Waals surface area (Å²) in [5, 5.41) is 10.8. The molecule has 1 aliphatic heterocycles. The van der Waals surface area contributed by atoms with Crippen molar-refractivity contribution in [1.82, 2.24) is 4.90 Å². The molecule has 106 valence electrons. The van der Waals surface area contributed by atoms with E-state index in [0.29, 0.717) is 19.5 Å². The van der Waals surface area contributed by atoms with E-state index in [2.05, 4.69) is 6.58 Å². The molecule has 1 unspecified atom stereocenters. The molecule has 6 nitrogen and oxygen atoms in total. The summed E-state index contributed by atoms with van der Waals surface area (Å²) < 4.78 is 18.5. The van der Waals surface area contributed by atoms with E-state index < -0.39 is 16.8 Å². The van der Waals surface area contributed by atoms with Gasteiger partial charge in [0.25, 0.3) is 5.91 Å². The van der Waals surface area contributed by atoms with Gasteiger partial charge in [0, 0.05) is 31.6 Å². The van der Waals surface area contributed by atoms with Gasteiger partial charge in [-0.2, -0.15) is 0 Å². The van der Waals surface area contributed by atoms with Gasteiger partial charge in [-0.05, 0) is 6.07 Å². The zero-order valence-corrected chi connectivity index (χ0v) is 10.6. The van der Waals surface area contributed by atoms with E-state index in [1.54, 1.807) is 6.08 Å². The van der Waals surface area contributed by atoms with E-state index in [1.165, 1.54) is 4.90 Å². The predicted octanol–water partition coefficient (Wildman–Crippen LogP) is 1.90. The maximum absolute atomic E-state index is 13.2. The lowest BCUT2D eigenvalue weighted by atomic mass is 10.2. The van der Waals surface area contributed by atoms with Gasteiger partial charge in [-0.15, -0.1) is 6.58 Å². The first-order valence-corrected chi connectivity index (χ1v) is 6.03. The molecule has 1 aromatic carbocycles. The van der Waals surface area contributed by atoms with Crippen LogP contribution >= 0.6 is 0 Å². The number of nitro benzene ring substituents is 1. The molecule has 0 N–H and O–H groups in total. The summed E-state index contributed by atoms with van der Waals surface area (Å²) >= 11 is 0. The van der Waals surface area contributed by atoms with Gasteiger partial charge in [0.15, 0.2) is 6.10 Å². The van der Waals surface area contributed by atoms with Crippen LogP contribution in [0.5, 0.6) is 5.75 Å². The van der Waals surface area contributed by atoms with Gasteiger partial charge in [-0.25, -0.2) is 4.39 Å². The van der Waals surface area contributed by atoms with Crippen molar-refractivity contribution >= 4 is 11.6 Å². The molecular formula is C13H13FN2O4. The molecule has 1 amide bonds. The monoisotopic (exact) mass is 280 g/mol. The van der Waals surface area contributed by atoms with E-state index in [0.717, 1.165) is 18.2 Å². The minimum atomic E-state index is -0.824. The van der Waals surface area contributed by atoms with Crippen molar-refractivity contribution in [2.24, 2.45) is 0 Å². The number of benzene rings is 1. The second-order valence-corrected chi connectivity index (χ2v) is 4.34. The van der Waals surface area contributed by atoms with Crippen LogP contribution < -0.4 is 4.74 Å². The molecule has 1 heterocycles. The highest BCUT2D eigenvalue weighted by molar-refractivity contribution is 5.83. The van der Waals surface area contributed by atoms with Crippen molar-refractivity contribution in [2.45, 2.75) is 12.5 Å². The first-order valence-electron chi connectivity index (χ1n) is 6.03. The molecule has 0 spiro atoms. The minimum Gasteiger partial charge on any atom is -0.473 e. The van der Waals surface area contributed by atoms with Crippen molar-refractivity contribution in [3.8, 4) is 5.75 Å². The Hall–Kier alpha value is -2.44. The van der Waals surface area contributed by atoms with E-state index in [-0.39, 0.29) is 17.3 Å². The Bertz CT molecular complexity index is 561. The van der Waals surface area contributed by atoms with Gasteiger partial charge >= 0.3 is 5.69 Å². The van der Waals surface area contributed by atoms with Crippen molar-refractivity contribution in [2.75, 3.05) is 13.1 Å². The van der Waals surface area contributed by atoms with Crippen LogP contribution in [0.25, 0.3) is 0 Å². The number of hydrogen-bond donors (Lipinski definition) is 0. The third-order valence-corrected chi connectivity index (χ3v) is 2.99. The summed E-state index contributed by atoms with van der Waals surface area (Å²) in [7, 11) is 0. The third kappa shape index (κ3) is 2.76. The highest BCUT2D eigenvalue weighted by Crippen LogP contribution is 2.30. The van der Waals surface area contributed by atoms with Gasteiger partial charge in [0.05, 0.1) is 4.92 Å². The summed E-state index contributed by atoms with van der Waals surface area (Å²) in [5.74, 6) is -1.16. The predicted molar refractivity (Wildman–Crippen MR) is 68.9 cm³/mol. The number of carbonyl (C=O) groups excluding carboxylic acids is 1. The Balaban J connectivity index is 2.18. The van der Waals surface area contributed by atoms with Crippen LogP contribution in [0.2, 0.25) is 0 Å². The molecule has 20 heavy (non-hydrogen) atoms. The van der Waals surface area contributed by atoms with Crippen LogP contribution in [-0.2, 0) is 4.79 Å². The second kappa shape index (κ2) is 5.68. The zero-order valence-electron chi connectivity index (χ0n) is 10.6. The number of halogens is 1. The van der Waals surface area contributed by atoms with Crippen molar-refractivity contribution in [3.63, 3.8) is 0 Å². The Morgan fingerprint density at radius 2 is 2.35 bits per heavy atom. The molecule has 1 aliphatic rings. The number of rotatable bonds is 5. The SMILES string of the molecule is C=CCN1CCC(Oc2cc(F)ccc2[N+](=O)[O-])C1=O. The van der Waals surface area contributed by atoms with Crippen LogP contribution in [0.15, 0.2) is 30.9 Å². The quantitative estimate of drug-likeness (QED) is 0.469. The lowest BCUT2D eigenvalue weighted by Crippen LogP contribution is -2.32. The molecular weight excluding hydrogens is 267 g/mol. The maximum Gasteiger partial charge on any atom is 0.311 e. The van der Waals surface area contributed by atoms with E-state index >= 15 is 0 Å². The van der Waals surface area contributed by atoms with E-state index in [9.17, 15) is 19.3 Å². The molecule has 1 fully saturated rings. The van der Waals surface area contributed by atoms with Crippen molar-refractivity contribution in [1.29, 1.82) is 0 Å². The Kier molecular flexibility index (Phi) is 3.97. The smallest absolute Gasteiger partial charge is 0.311 e. The molecule has 0 aromatic heterocycles. The molecule has 2 rings (SSSR count). The van der Waals surface area contributed by atoms with Gasteiger partial charge < -0.3 is 9.64 Å². The molecule has 7 heteroatoms. The minimum absolute atomic E-state index is 0.228. The summed E-state index contributed by atoms with van der Waals surface area (Å²) in [6, 6.07) is 2.92. The van der Waals surface area contributed by atoms with Crippen LogP contribution in [0.3, 0.4) is 0 Å². The maximum atomic E-state index is 13.2. The fourth-order valence-electron chi connectivity index (χ4n) is 2.04. The third-order valence-electron chi connectivity index (χ3n) is 2.99. The lowest BCUT2D eigenvalue weighted by molar-refractivity contribution is -0.386. The second-order valence-electron chi connectivity index (χ2n) is 4.34. The molecule has 0 aliphatic carbocycles. The Labute approximate surface area is 114 Å². The number of nitrogens with zero attached hydrogens (tertiary/aromatic N) is 2. The highest BCUT2D eigenvalue weighted by atomic mass is 19.1. The Morgan fingerprint density at radius 1 is 1.60 bits per heavy atom. The average Bonchev–Trinajstić information content (AvgIpc) is 2.72. The number of carbonyl (C=O) groups is 1. The van der Waals surface area contributed by atoms with Crippen LogP contribution in [-0.4, -0.2) is 34.9 Å². The average molecular weight is 280 g/mol. The summed E-state index contributed by atoms with van der Waals surface area (Å²) in [6.07, 6.45) is 1.17. The highest BCUT2D eigenvalue weighted by Gasteiger charge is 2.34. The zero-order chi connectivity index (χ0) is 14.7. The van der Waals surface area contributed by atoms with E-state index in [1.807, 2.05) is 0 Å². The van der Waals surface area contributed by atoms with Crippen LogP contribution in [0.4, 0.5) is 10.1 Å². The van der Waals surface area contributed by atoms with Gasteiger partial charge in [0.2, 0.25) is 5.75 Å². The fourth-order valence-corrected chi connectivity index (χ4v) is 2.04. The first-order chi connectivity index (χ1) is 9.52. The van der Waals surface area contributed by atoms with E-state index in [4.69, 9.17) is 4.74 Å². The van der Waals surface area contributed by atoms with Gasteiger partial charge in [-0.1, -0.05) is 6.08 Å². The number of likely N-dealkylation sites (tertiary alicyclic amines) is 1. The van der Waals surface area contributed by atoms with Crippen molar-refractivity contribution < 1.29 is 18.8 Å². The summed E-state index contributed by atoms with van der Waals surface area (Å²) in [4.78, 5) is 23.7. The number of ether oxygens (including phenoxy) is 1. The first kappa shape index (κ1) is 14.0. The van der Waals surface area contributed by atoms with Crippen LogP contribution in [0, 0.1) is 15.9 Å². The molecule has 1 atom stereocenters. The molecule has 1 aromatic rings. The number of amides is 1. The normalized spacial score (nSPS) is 18.1. The topological polar surface area (TPSA) is 72.7 Å². The number of hydrogen-bond acceptors (Lipinski definition) is 4. The summed E-state index contributed by atoms with van der Waals surface area (Å²) in [5.41, 5.74) is -0.360. The van der Waals surface area contributed by atoms with Crippen molar-refractivity contribution in [3.05, 3.63) is 46.8 Å². The molecule has 1 saturated heterocycles. The lowest BCUT2D eigenvalue weighted by Gasteiger charge is -2.15. The number of nitro groups is 1. The standard InChI is InChI=1S/C13H13FN2O4/c1-2-6-15-7-5-11(13(15)17)20-12-8-9(14)3-4-10(12)16(18)19/h2-4,8,11H,1,5-7H2. The molecule has 0 saturated carbocycles. The fraction of sp³-hybridized carbons (Fsp3) is 0.308. The molecule has 0 bridgehead atoms. The van der Waals surface area contributed by atoms with Gasteiger partial charge in [0.1, 0.15) is 5.82 Å². The largest absolute Gasteiger partial charge is 0.473 e. The van der Waals surface area contributed by atoms with Gasteiger partial charge in [-0.3, -0.25) is 14.9 Å². The van der Waals surface area contributed by atoms with Crippen LogP contribution in [0.1, 0.15) is 6.42 Å². The molecule has 0 radical (unpaired) electrons. The Morgan fingerprint density at radius 3 is 3.00 bits per heavy atom. The summed E-state index contributed by atoms with van der Waals surface area (Å²) in [6.45, 7) is 4.42.